The Morgan fingerprint density at radius 3 is 1.39 bits per heavy atom. The first-order valence-corrected chi connectivity index (χ1v) is 10.1. The number of carbonyl (C=O) groups excluding carboxylic acids is 2. The van der Waals surface area contributed by atoms with Crippen molar-refractivity contribution in [3.63, 3.8) is 0 Å². The Kier molecular flexibility index (Phi) is 4.47. The van der Waals surface area contributed by atoms with Gasteiger partial charge in [0.1, 0.15) is 0 Å². The van der Waals surface area contributed by atoms with Crippen molar-refractivity contribution in [2.75, 3.05) is 8.83 Å². The Morgan fingerprint density at radius 2 is 1.07 bits per heavy atom. The number of hydrazone groups is 2. The maximum Gasteiger partial charge on any atom is 0.159 e. The predicted octanol–water partition coefficient (Wildman–Crippen LogP) is 4.46. The summed E-state index contributed by atoms with van der Waals surface area (Å²) >= 11 is 0. The van der Waals surface area contributed by atoms with Crippen LogP contribution < -0.4 is 8.83 Å². The highest BCUT2D eigenvalue weighted by atomic mass is 32.2. The molecule has 0 bridgehead atoms. The summed E-state index contributed by atoms with van der Waals surface area (Å²) in [5.74, 6) is 0.0733. The van der Waals surface area contributed by atoms with E-state index >= 15 is 0 Å². The minimum absolute atomic E-state index is 0.0367. The highest BCUT2D eigenvalue weighted by Crippen LogP contribution is 2.43. The van der Waals surface area contributed by atoms with Crippen LogP contribution in [0.5, 0.6) is 0 Å². The largest absolute Gasteiger partial charge is 0.295 e. The second-order valence-electron chi connectivity index (χ2n) is 6.72. The van der Waals surface area contributed by atoms with Gasteiger partial charge < -0.3 is 0 Å². The Bertz CT molecular complexity index is 997. The van der Waals surface area contributed by atoms with Crippen molar-refractivity contribution in [3.8, 4) is 0 Å². The van der Waals surface area contributed by atoms with E-state index in [9.17, 15) is 9.59 Å². The summed E-state index contributed by atoms with van der Waals surface area (Å²) in [6.45, 7) is 7.09. The minimum atomic E-state index is -0.534. The van der Waals surface area contributed by atoms with Gasteiger partial charge in [-0.25, -0.2) is 0 Å². The van der Waals surface area contributed by atoms with Crippen LogP contribution in [0.15, 0.2) is 58.7 Å². The number of rotatable bonds is 4. The lowest BCUT2D eigenvalue weighted by molar-refractivity contribution is 0.100. The molecular weight excluding hydrogens is 372 g/mol. The van der Waals surface area contributed by atoms with Gasteiger partial charge in [0.05, 0.1) is 38.5 Å². The van der Waals surface area contributed by atoms with Crippen LogP contribution in [0.25, 0.3) is 0 Å². The fourth-order valence-corrected chi connectivity index (χ4v) is 5.32. The van der Waals surface area contributed by atoms with Gasteiger partial charge in [0.25, 0.3) is 0 Å². The zero-order chi connectivity index (χ0) is 20.0. The lowest BCUT2D eigenvalue weighted by Crippen LogP contribution is -2.17. The summed E-state index contributed by atoms with van der Waals surface area (Å²) in [6.07, 6.45) is 0. The van der Waals surface area contributed by atoms with E-state index in [4.69, 9.17) is 10.2 Å². The summed E-state index contributed by atoms with van der Waals surface area (Å²) in [6, 6.07) is 14.9. The zero-order valence-corrected chi connectivity index (χ0v) is 16.9. The minimum Gasteiger partial charge on any atom is -0.295 e. The van der Waals surface area contributed by atoms with Crippen LogP contribution in [-0.4, -0.2) is 27.9 Å². The lowest BCUT2D eigenvalue weighted by atomic mass is 10.1. The van der Waals surface area contributed by atoms with Crippen LogP contribution in [0, 0.1) is 0 Å². The number of nitrogens with zero attached hydrogens (tertiary/aromatic N) is 4. The van der Waals surface area contributed by atoms with E-state index in [1.807, 2.05) is 71.2 Å². The molecule has 7 heteroatoms. The molecule has 0 saturated carbocycles. The van der Waals surface area contributed by atoms with E-state index < -0.39 is 10.9 Å². The van der Waals surface area contributed by atoms with Crippen LogP contribution in [-0.2, 0) is 0 Å². The van der Waals surface area contributed by atoms with Crippen molar-refractivity contribution >= 4 is 50.1 Å². The molecule has 142 valence electrons. The van der Waals surface area contributed by atoms with Crippen LogP contribution in [0.4, 0.5) is 11.4 Å². The molecule has 28 heavy (non-hydrogen) atoms. The molecule has 0 unspecified atom stereocenters. The molecule has 2 aromatic carbocycles. The van der Waals surface area contributed by atoms with E-state index in [-0.39, 0.29) is 11.6 Å². The molecule has 0 saturated heterocycles. The van der Waals surface area contributed by atoms with Gasteiger partial charge in [-0.3, -0.25) is 9.59 Å². The highest BCUT2D eigenvalue weighted by molar-refractivity contribution is 8.21. The molecule has 2 aromatic rings. The van der Waals surface area contributed by atoms with Gasteiger partial charge in [-0.2, -0.15) is 19.0 Å². The fourth-order valence-electron chi connectivity index (χ4n) is 3.18. The van der Waals surface area contributed by atoms with Crippen molar-refractivity contribution in [3.05, 3.63) is 59.7 Å². The lowest BCUT2D eigenvalue weighted by Gasteiger charge is -2.26. The molecule has 4 rings (SSSR count). The molecule has 0 radical (unpaired) electrons. The topological polar surface area (TPSA) is 65.3 Å². The Labute approximate surface area is 166 Å². The van der Waals surface area contributed by atoms with Gasteiger partial charge in [-0.1, -0.05) is 0 Å². The quantitative estimate of drug-likeness (QED) is 0.569. The summed E-state index contributed by atoms with van der Waals surface area (Å²) in [5, 5.41) is 9.51. The molecule has 2 aliphatic heterocycles. The third kappa shape index (κ3) is 2.97. The number of anilines is 2. The van der Waals surface area contributed by atoms with Gasteiger partial charge >= 0.3 is 0 Å². The number of hydrogen-bond acceptors (Lipinski definition) is 6. The zero-order valence-electron chi connectivity index (χ0n) is 16.1. The third-order valence-electron chi connectivity index (χ3n) is 4.64. The molecule has 0 aromatic heterocycles. The van der Waals surface area contributed by atoms with Crippen molar-refractivity contribution in [2.45, 2.75) is 27.7 Å². The van der Waals surface area contributed by atoms with Gasteiger partial charge in [0.15, 0.2) is 11.6 Å². The van der Waals surface area contributed by atoms with Crippen LogP contribution in [0.3, 0.4) is 0 Å². The summed E-state index contributed by atoms with van der Waals surface area (Å²) in [5.41, 5.74) is 5.01. The third-order valence-corrected chi connectivity index (χ3v) is 6.83. The monoisotopic (exact) mass is 392 g/mol. The van der Waals surface area contributed by atoms with E-state index in [2.05, 4.69) is 0 Å². The maximum absolute atomic E-state index is 11.6. The van der Waals surface area contributed by atoms with E-state index in [1.165, 1.54) is 0 Å². The first-order chi connectivity index (χ1) is 13.4. The van der Waals surface area contributed by atoms with Crippen molar-refractivity contribution in [2.24, 2.45) is 10.2 Å². The van der Waals surface area contributed by atoms with E-state index in [1.54, 1.807) is 13.8 Å². The van der Waals surface area contributed by atoms with Gasteiger partial charge in [-0.15, -0.1) is 0 Å². The number of ketones is 2. The molecule has 0 N–H and O–H groups in total. The SMILES string of the molecule is CC(=O)c1ccc(N2N=C(C)C3=S2N(c2ccc(C(C)=O)cc2)N=C3C)cc1. The molecule has 0 aliphatic carbocycles. The fraction of sp³-hybridized carbons (Fsp3) is 0.190. The normalized spacial score (nSPS) is 16.2. The Hall–Kier alpha value is -3.06. The molecule has 0 amide bonds. The van der Waals surface area contributed by atoms with Gasteiger partial charge in [0, 0.05) is 11.1 Å². The molecule has 0 atom stereocenters. The Morgan fingerprint density at radius 1 is 0.714 bits per heavy atom. The summed E-state index contributed by atoms with van der Waals surface area (Å²) in [7, 11) is -0.534. The highest BCUT2D eigenvalue weighted by Gasteiger charge is 2.35. The maximum atomic E-state index is 11.6. The van der Waals surface area contributed by atoms with Gasteiger partial charge in [-0.05, 0) is 76.2 Å². The Balaban J connectivity index is 1.74. The summed E-state index contributed by atoms with van der Waals surface area (Å²) < 4.78 is 3.90. The molecule has 0 fully saturated rings. The van der Waals surface area contributed by atoms with Crippen LogP contribution >= 0.6 is 10.9 Å². The number of carbonyl (C=O) groups is 2. The average molecular weight is 392 g/mol. The first kappa shape index (κ1) is 18.3. The number of hydrogen-bond donors (Lipinski definition) is 0. The standard InChI is InChI=1S/C21H20N4O2S/c1-13-21-14(2)23-25(20-11-7-18(8-12-20)16(4)27)28(21)24(22-13)19-9-5-17(6-10-19)15(3)26/h5-12H,1-4H3. The van der Waals surface area contributed by atoms with Crippen molar-refractivity contribution in [1.82, 2.24) is 0 Å². The second-order valence-corrected chi connectivity index (χ2v) is 8.34. The van der Waals surface area contributed by atoms with E-state index in [0.717, 1.165) is 27.7 Å². The molecule has 2 heterocycles. The average Bonchev–Trinajstić information content (AvgIpc) is 3.20. The first-order valence-electron chi connectivity index (χ1n) is 8.91. The number of Topliss-reactive ketones (excluding diaryl/α,β-unsaturated/α-hetero) is 2. The van der Waals surface area contributed by atoms with Crippen LogP contribution in [0.1, 0.15) is 48.4 Å². The van der Waals surface area contributed by atoms with Crippen LogP contribution in [0.2, 0.25) is 0 Å². The number of benzene rings is 2. The van der Waals surface area contributed by atoms with Crippen molar-refractivity contribution < 1.29 is 9.59 Å². The molecule has 2 aliphatic rings. The smallest absolute Gasteiger partial charge is 0.159 e. The molecular formula is C21H20N4O2S. The predicted molar refractivity (Wildman–Crippen MR) is 117 cm³/mol. The summed E-state index contributed by atoms with van der Waals surface area (Å²) in [4.78, 5) is 24.3. The van der Waals surface area contributed by atoms with Gasteiger partial charge in [0.2, 0.25) is 0 Å². The molecule has 6 nitrogen and oxygen atoms in total. The van der Waals surface area contributed by atoms with E-state index in [0.29, 0.717) is 11.1 Å². The van der Waals surface area contributed by atoms with Crippen molar-refractivity contribution in [1.29, 1.82) is 0 Å². The second kappa shape index (κ2) is 6.83. The molecule has 0 spiro atoms.